The maximum Gasteiger partial charge on any atom is 0.232 e. The zero-order valence-corrected chi connectivity index (χ0v) is 10.5. The molecule has 0 radical (unpaired) electrons. The van der Waals surface area contributed by atoms with Gasteiger partial charge in [0.05, 0.1) is 5.75 Å². The molecular weight excluding hydrogens is 224 g/mol. The summed E-state index contributed by atoms with van der Waals surface area (Å²) in [6.45, 7) is 3.94. The van der Waals surface area contributed by atoms with Gasteiger partial charge in [0.15, 0.2) is 5.82 Å². The predicted molar refractivity (Wildman–Crippen MR) is 65.1 cm³/mol. The van der Waals surface area contributed by atoms with Crippen LogP contribution < -0.4 is 5.73 Å². The summed E-state index contributed by atoms with van der Waals surface area (Å²) in [5, 5.41) is 0.605. The summed E-state index contributed by atoms with van der Waals surface area (Å²) in [4.78, 5) is 21.3. The van der Waals surface area contributed by atoms with E-state index in [-0.39, 0.29) is 11.9 Å². The largest absolute Gasteiger partial charge is 0.381 e. The van der Waals surface area contributed by atoms with Crippen molar-refractivity contribution in [3.8, 4) is 0 Å². The lowest BCUT2D eigenvalue weighted by Crippen LogP contribution is -2.34. The van der Waals surface area contributed by atoms with Crippen LogP contribution in [-0.4, -0.2) is 39.6 Å². The predicted octanol–water partition coefficient (Wildman–Crippen LogP) is 1.02. The molecular formula is C10H16N4OS. The molecule has 5 nitrogen and oxygen atoms in total. The minimum Gasteiger partial charge on any atom is -0.381 e. The van der Waals surface area contributed by atoms with Gasteiger partial charge in [0.1, 0.15) is 5.03 Å². The molecule has 0 atom stereocenters. The van der Waals surface area contributed by atoms with Crippen LogP contribution in [0.2, 0.25) is 0 Å². The van der Waals surface area contributed by atoms with Crippen molar-refractivity contribution in [1.29, 1.82) is 0 Å². The summed E-state index contributed by atoms with van der Waals surface area (Å²) in [6.07, 6.45) is 3.09. The Hall–Kier alpha value is -1.30. The first-order valence-corrected chi connectivity index (χ1v) is 5.96. The Morgan fingerprint density at radius 1 is 1.50 bits per heavy atom. The molecule has 0 unspecified atom stereocenters. The second kappa shape index (κ2) is 5.69. The van der Waals surface area contributed by atoms with Crippen molar-refractivity contribution < 1.29 is 4.79 Å². The number of carbonyl (C=O) groups is 1. The highest BCUT2D eigenvalue weighted by atomic mass is 32.2. The minimum atomic E-state index is 0.0602. The Bertz CT molecular complexity index is 370. The molecule has 0 aliphatic heterocycles. The molecule has 0 saturated carbocycles. The third-order valence-corrected chi connectivity index (χ3v) is 3.17. The van der Waals surface area contributed by atoms with E-state index in [2.05, 4.69) is 9.97 Å². The minimum absolute atomic E-state index is 0.0602. The van der Waals surface area contributed by atoms with E-state index in [0.29, 0.717) is 16.6 Å². The van der Waals surface area contributed by atoms with Gasteiger partial charge in [-0.15, -0.1) is 0 Å². The maximum atomic E-state index is 11.7. The molecule has 0 saturated heterocycles. The molecule has 0 fully saturated rings. The van der Waals surface area contributed by atoms with E-state index in [9.17, 15) is 4.79 Å². The van der Waals surface area contributed by atoms with Gasteiger partial charge in [-0.2, -0.15) is 0 Å². The summed E-state index contributed by atoms with van der Waals surface area (Å²) >= 11 is 1.31. The van der Waals surface area contributed by atoms with Gasteiger partial charge in [-0.05, 0) is 13.8 Å². The van der Waals surface area contributed by atoms with Crippen LogP contribution in [0.4, 0.5) is 5.82 Å². The summed E-state index contributed by atoms with van der Waals surface area (Å²) in [7, 11) is 1.79. The fourth-order valence-electron chi connectivity index (χ4n) is 0.967. The number of carbonyl (C=O) groups excluding carboxylic acids is 1. The lowest BCUT2D eigenvalue weighted by molar-refractivity contribution is -0.128. The highest BCUT2D eigenvalue weighted by Gasteiger charge is 2.13. The van der Waals surface area contributed by atoms with Gasteiger partial charge in [0.25, 0.3) is 0 Å². The number of aromatic nitrogens is 2. The van der Waals surface area contributed by atoms with Gasteiger partial charge in [0.2, 0.25) is 5.91 Å². The number of rotatable bonds is 4. The highest BCUT2D eigenvalue weighted by Crippen LogP contribution is 2.19. The molecule has 0 bridgehead atoms. The summed E-state index contributed by atoms with van der Waals surface area (Å²) in [6, 6.07) is 0.201. The van der Waals surface area contributed by atoms with Gasteiger partial charge in [-0.3, -0.25) is 4.79 Å². The molecule has 1 aromatic rings. The molecule has 88 valence electrons. The van der Waals surface area contributed by atoms with Crippen molar-refractivity contribution in [2.24, 2.45) is 0 Å². The average Bonchev–Trinajstić information content (AvgIpc) is 2.26. The molecule has 16 heavy (non-hydrogen) atoms. The summed E-state index contributed by atoms with van der Waals surface area (Å²) < 4.78 is 0. The number of hydrogen-bond acceptors (Lipinski definition) is 5. The number of thioether (sulfide) groups is 1. The summed E-state index contributed by atoms with van der Waals surface area (Å²) in [5.41, 5.74) is 5.62. The van der Waals surface area contributed by atoms with E-state index in [1.54, 1.807) is 18.1 Å². The van der Waals surface area contributed by atoms with Crippen molar-refractivity contribution in [2.75, 3.05) is 18.5 Å². The molecule has 1 rings (SSSR count). The van der Waals surface area contributed by atoms with Crippen LogP contribution in [0, 0.1) is 0 Å². The first kappa shape index (κ1) is 12.8. The monoisotopic (exact) mass is 240 g/mol. The Balaban J connectivity index is 2.52. The van der Waals surface area contributed by atoms with Crippen molar-refractivity contribution in [3.05, 3.63) is 12.4 Å². The number of amides is 1. The molecule has 2 N–H and O–H groups in total. The van der Waals surface area contributed by atoms with Crippen LogP contribution in [0.5, 0.6) is 0 Å². The molecule has 1 aromatic heterocycles. The molecule has 1 amide bonds. The molecule has 0 spiro atoms. The van der Waals surface area contributed by atoms with E-state index >= 15 is 0 Å². The Labute approximate surface area is 99.4 Å². The third kappa shape index (κ3) is 3.37. The van der Waals surface area contributed by atoms with Crippen LogP contribution in [0.25, 0.3) is 0 Å². The Morgan fingerprint density at radius 2 is 2.12 bits per heavy atom. The fourth-order valence-corrected chi connectivity index (χ4v) is 1.77. The molecule has 0 aliphatic carbocycles. The van der Waals surface area contributed by atoms with Crippen molar-refractivity contribution in [2.45, 2.75) is 24.9 Å². The van der Waals surface area contributed by atoms with Gasteiger partial charge in [-0.1, -0.05) is 11.8 Å². The van der Waals surface area contributed by atoms with Crippen LogP contribution >= 0.6 is 11.8 Å². The third-order valence-electron chi connectivity index (χ3n) is 2.19. The molecule has 1 heterocycles. The van der Waals surface area contributed by atoms with Crippen molar-refractivity contribution in [1.82, 2.24) is 14.9 Å². The van der Waals surface area contributed by atoms with Crippen LogP contribution in [0.3, 0.4) is 0 Å². The van der Waals surface area contributed by atoms with Gasteiger partial charge in [-0.25, -0.2) is 9.97 Å². The second-order valence-electron chi connectivity index (χ2n) is 3.63. The Kier molecular flexibility index (Phi) is 4.54. The van der Waals surface area contributed by atoms with Crippen LogP contribution in [0.15, 0.2) is 17.4 Å². The zero-order chi connectivity index (χ0) is 12.1. The summed E-state index contributed by atoms with van der Waals surface area (Å²) in [5.74, 6) is 0.759. The standard InChI is InChI=1S/C10H16N4OS/c1-7(2)14(3)8(15)6-16-10-9(11)12-4-5-13-10/h4-5,7H,6H2,1-3H3,(H2,11,12). The number of anilines is 1. The number of nitrogens with two attached hydrogens (primary N) is 1. The lowest BCUT2D eigenvalue weighted by Gasteiger charge is -2.21. The highest BCUT2D eigenvalue weighted by molar-refractivity contribution is 8.00. The topological polar surface area (TPSA) is 72.1 Å². The molecule has 0 aromatic carbocycles. The van der Waals surface area contributed by atoms with E-state index in [0.717, 1.165) is 0 Å². The van der Waals surface area contributed by atoms with Gasteiger partial charge < -0.3 is 10.6 Å². The SMILES string of the molecule is CC(C)N(C)C(=O)CSc1nccnc1N. The molecule has 0 aliphatic rings. The quantitative estimate of drug-likeness (QED) is 0.795. The van der Waals surface area contributed by atoms with Crippen molar-refractivity contribution >= 4 is 23.5 Å². The second-order valence-corrected chi connectivity index (χ2v) is 4.60. The maximum absolute atomic E-state index is 11.7. The number of hydrogen-bond donors (Lipinski definition) is 1. The zero-order valence-electron chi connectivity index (χ0n) is 9.67. The van der Waals surface area contributed by atoms with Crippen LogP contribution in [0.1, 0.15) is 13.8 Å². The van der Waals surface area contributed by atoms with Crippen LogP contribution in [-0.2, 0) is 4.79 Å². The van der Waals surface area contributed by atoms with Gasteiger partial charge >= 0.3 is 0 Å². The first-order chi connectivity index (χ1) is 7.52. The van der Waals surface area contributed by atoms with Gasteiger partial charge in [0, 0.05) is 25.5 Å². The smallest absolute Gasteiger partial charge is 0.232 e. The number of nitrogen functional groups attached to an aromatic ring is 1. The van der Waals surface area contributed by atoms with E-state index in [1.165, 1.54) is 18.0 Å². The Morgan fingerprint density at radius 3 is 2.69 bits per heavy atom. The van der Waals surface area contributed by atoms with Crippen molar-refractivity contribution in [3.63, 3.8) is 0 Å². The first-order valence-electron chi connectivity index (χ1n) is 4.97. The van der Waals surface area contributed by atoms with E-state index in [1.807, 2.05) is 13.8 Å². The average molecular weight is 240 g/mol. The normalized spacial score (nSPS) is 10.5. The number of nitrogens with zero attached hydrogens (tertiary/aromatic N) is 3. The van der Waals surface area contributed by atoms with E-state index < -0.39 is 0 Å². The lowest BCUT2D eigenvalue weighted by atomic mass is 10.3. The fraction of sp³-hybridized carbons (Fsp3) is 0.500. The molecule has 6 heteroatoms. The van der Waals surface area contributed by atoms with E-state index in [4.69, 9.17) is 5.73 Å².